The van der Waals surface area contributed by atoms with Gasteiger partial charge in [0, 0.05) is 12.5 Å². The van der Waals surface area contributed by atoms with Crippen LogP contribution in [0.2, 0.25) is 0 Å². The number of hydrogen-bond acceptors (Lipinski definition) is 1. The molecule has 1 saturated heterocycles. The lowest BCUT2D eigenvalue weighted by molar-refractivity contribution is -0.126. The second-order valence-electron chi connectivity index (χ2n) is 2.37. The summed E-state index contributed by atoms with van der Waals surface area (Å²) < 4.78 is 0. The van der Waals surface area contributed by atoms with E-state index < -0.39 is 0 Å². The normalized spacial score (nSPS) is 27.0. The number of nitrogens with zero attached hydrogens (tertiary/aromatic N) is 1. The average Bonchev–Trinajstić information content (AvgIpc) is 2.12. The van der Waals surface area contributed by atoms with Crippen LogP contribution < -0.4 is 0 Å². The standard InChI is InChI=1S/C7H11NO/c1-3-8-6(2)4-5-7(8)9/h3,6H,1,4-5H2,2H3/t6-/m0/s1. The number of hydrogen-bond donors (Lipinski definition) is 0. The molecule has 0 saturated carbocycles. The van der Waals surface area contributed by atoms with Crippen molar-refractivity contribution in [3.8, 4) is 0 Å². The van der Waals surface area contributed by atoms with E-state index in [1.807, 2.05) is 6.92 Å². The van der Waals surface area contributed by atoms with Crippen molar-refractivity contribution >= 4 is 5.91 Å². The Labute approximate surface area is 55.2 Å². The maximum absolute atomic E-state index is 10.9. The molecule has 1 rings (SSSR count). The molecule has 0 bridgehead atoms. The minimum Gasteiger partial charge on any atom is -0.317 e. The summed E-state index contributed by atoms with van der Waals surface area (Å²) in [7, 11) is 0. The highest BCUT2D eigenvalue weighted by Gasteiger charge is 2.24. The van der Waals surface area contributed by atoms with Gasteiger partial charge in [-0.25, -0.2) is 0 Å². The SMILES string of the molecule is C=CN1C(=O)CC[C@@H]1C. The Bertz CT molecular complexity index is 142. The van der Waals surface area contributed by atoms with Gasteiger partial charge in [-0.15, -0.1) is 0 Å². The van der Waals surface area contributed by atoms with Crippen LogP contribution in [-0.2, 0) is 4.79 Å². The van der Waals surface area contributed by atoms with Crippen molar-refractivity contribution in [1.82, 2.24) is 4.90 Å². The Kier molecular flexibility index (Phi) is 1.56. The molecule has 0 aromatic rings. The van der Waals surface area contributed by atoms with Crippen LogP contribution in [0, 0.1) is 0 Å². The first-order chi connectivity index (χ1) is 4.25. The largest absolute Gasteiger partial charge is 0.317 e. The molecule has 2 nitrogen and oxygen atoms in total. The molecular formula is C7H11NO. The third kappa shape index (κ3) is 0.969. The number of carbonyl (C=O) groups is 1. The summed E-state index contributed by atoms with van der Waals surface area (Å²) in [6.07, 6.45) is 3.28. The fourth-order valence-corrected chi connectivity index (χ4v) is 1.13. The zero-order valence-electron chi connectivity index (χ0n) is 5.63. The predicted molar refractivity (Wildman–Crippen MR) is 35.7 cm³/mol. The molecule has 1 amide bonds. The summed E-state index contributed by atoms with van der Waals surface area (Å²) in [5.41, 5.74) is 0. The van der Waals surface area contributed by atoms with Gasteiger partial charge >= 0.3 is 0 Å². The van der Waals surface area contributed by atoms with Crippen LogP contribution in [0.3, 0.4) is 0 Å². The zero-order chi connectivity index (χ0) is 6.85. The van der Waals surface area contributed by atoms with Crippen molar-refractivity contribution in [2.75, 3.05) is 0 Å². The van der Waals surface area contributed by atoms with Crippen LogP contribution >= 0.6 is 0 Å². The topological polar surface area (TPSA) is 20.3 Å². The molecule has 0 radical (unpaired) electrons. The van der Waals surface area contributed by atoms with Crippen LogP contribution in [-0.4, -0.2) is 16.8 Å². The first-order valence-electron chi connectivity index (χ1n) is 3.19. The van der Waals surface area contributed by atoms with Gasteiger partial charge in [-0.05, 0) is 19.5 Å². The van der Waals surface area contributed by atoms with Gasteiger partial charge in [0.1, 0.15) is 0 Å². The van der Waals surface area contributed by atoms with Crippen LogP contribution in [0.4, 0.5) is 0 Å². The molecule has 1 aliphatic heterocycles. The Hall–Kier alpha value is -0.790. The summed E-state index contributed by atoms with van der Waals surface area (Å²) in [5, 5.41) is 0. The summed E-state index contributed by atoms with van der Waals surface area (Å²) in [5.74, 6) is 0.206. The molecule has 0 aromatic heterocycles. The Balaban J connectivity index is 2.65. The van der Waals surface area contributed by atoms with E-state index in [9.17, 15) is 4.79 Å². The highest BCUT2D eigenvalue weighted by atomic mass is 16.2. The third-order valence-corrected chi connectivity index (χ3v) is 1.74. The van der Waals surface area contributed by atoms with Crippen molar-refractivity contribution in [3.05, 3.63) is 12.8 Å². The van der Waals surface area contributed by atoms with E-state index in [1.165, 1.54) is 0 Å². The smallest absolute Gasteiger partial charge is 0.226 e. The van der Waals surface area contributed by atoms with E-state index in [4.69, 9.17) is 0 Å². The van der Waals surface area contributed by atoms with Crippen molar-refractivity contribution in [2.45, 2.75) is 25.8 Å². The molecule has 0 unspecified atom stereocenters. The minimum atomic E-state index is 0.206. The van der Waals surface area contributed by atoms with Crippen LogP contribution in [0.5, 0.6) is 0 Å². The summed E-state index contributed by atoms with van der Waals surface area (Å²) in [6.45, 7) is 5.58. The Morgan fingerprint density at radius 1 is 1.89 bits per heavy atom. The van der Waals surface area contributed by atoms with Gasteiger partial charge in [-0.2, -0.15) is 0 Å². The number of amides is 1. The number of carbonyl (C=O) groups excluding carboxylic acids is 1. The first-order valence-corrected chi connectivity index (χ1v) is 3.19. The molecule has 1 aliphatic rings. The van der Waals surface area contributed by atoms with Gasteiger partial charge in [0.15, 0.2) is 0 Å². The molecule has 0 aliphatic carbocycles. The van der Waals surface area contributed by atoms with Gasteiger partial charge in [-0.1, -0.05) is 6.58 Å². The lowest BCUT2D eigenvalue weighted by atomic mass is 10.2. The fraction of sp³-hybridized carbons (Fsp3) is 0.571. The molecule has 1 heterocycles. The molecule has 1 fully saturated rings. The summed E-state index contributed by atoms with van der Waals surface area (Å²) >= 11 is 0. The highest BCUT2D eigenvalue weighted by molar-refractivity contribution is 5.79. The van der Waals surface area contributed by atoms with Crippen LogP contribution in [0.25, 0.3) is 0 Å². The highest BCUT2D eigenvalue weighted by Crippen LogP contribution is 2.17. The zero-order valence-corrected chi connectivity index (χ0v) is 5.63. The Morgan fingerprint density at radius 2 is 2.56 bits per heavy atom. The van der Waals surface area contributed by atoms with E-state index in [2.05, 4.69) is 6.58 Å². The van der Waals surface area contributed by atoms with Gasteiger partial charge in [0.25, 0.3) is 0 Å². The molecule has 9 heavy (non-hydrogen) atoms. The van der Waals surface area contributed by atoms with Crippen molar-refractivity contribution < 1.29 is 4.79 Å². The fourth-order valence-electron chi connectivity index (χ4n) is 1.13. The molecular weight excluding hydrogens is 114 g/mol. The van der Waals surface area contributed by atoms with Crippen LogP contribution in [0.1, 0.15) is 19.8 Å². The van der Waals surface area contributed by atoms with Gasteiger partial charge in [-0.3, -0.25) is 4.79 Å². The van der Waals surface area contributed by atoms with Crippen molar-refractivity contribution in [1.29, 1.82) is 0 Å². The van der Waals surface area contributed by atoms with Crippen molar-refractivity contribution in [3.63, 3.8) is 0 Å². The summed E-state index contributed by atoms with van der Waals surface area (Å²) in [4.78, 5) is 12.6. The molecule has 0 aromatic carbocycles. The second kappa shape index (κ2) is 2.21. The maximum atomic E-state index is 10.9. The number of likely N-dealkylation sites (tertiary alicyclic amines) is 1. The van der Waals surface area contributed by atoms with Crippen molar-refractivity contribution in [2.24, 2.45) is 0 Å². The van der Waals surface area contributed by atoms with E-state index in [-0.39, 0.29) is 5.91 Å². The molecule has 0 spiro atoms. The monoisotopic (exact) mass is 125 g/mol. The molecule has 50 valence electrons. The predicted octanol–water partition coefficient (Wildman–Crippen LogP) is 1.14. The second-order valence-corrected chi connectivity index (χ2v) is 2.37. The maximum Gasteiger partial charge on any atom is 0.226 e. The molecule has 0 N–H and O–H groups in total. The van der Waals surface area contributed by atoms with E-state index >= 15 is 0 Å². The quantitative estimate of drug-likeness (QED) is 0.514. The van der Waals surface area contributed by atoms with E-state index in [0.717, 1.165) is 6.42 Å². The lowest BCUT2D eigenvalue weighted by Crippen LogP contribution is -2.24. The van der Waals surface area contributed by atoms with Gasteiger partial charge in [0.05, 0.1) is 0 Å². The molecule has 2 heteroatoms. The number of rotatable bonds is 1. The Morgan fingerprint density at radius 3 is 2.78 bits per heavy atom. The van der Waals surface area contributed by atoms with E-state index in [1.54, 1.807) is 11.1 Å². The third-order valence-electron chi connectivity index (χ3n) is 1.74. The van der Waals surface area contributed by atoms with Gasteiger partial charge < -0.3 is 4.90 Å². The van der Waals surface area contributed by atoms with Crippen LogP contribution in [0.15, 0.2) is 12.8 Å². The first kappa shape index (κ1) is 6.33. The molecule has 1 atom stereocenters. The minimum absolute atomic E-state index is 0.206. The van der Waals surface area contributed by atoms with Gasteiger partial charge in [0.2, 0.25) is 5.91 Å². The summed E-state index contributed by atoms with van der Waals surface area (Å²) in [6, 6.07) is 0.370. The average molecular weight is 125 g/mol. The van der Waals surface area contributed by atoms with E-state index in [0.29, 0.717) is 12.5 Å². The lowest BCUT2D eigenvalue weighted by Gasteiger charge is -2.14.